The van der Waals surface area contributed by atoms with E-state index in [0.29, 0.717) is 28.6 Å². The Morgan fingerprint density at radius 3 is 2.75 bits per heavy atom. The summed E-state index contributed by atoms with van der Waals surface area (Å²) in [4.78, 5) is 21.6. The van der Waals surface area contributed by atoms with E-state index in [4.69, 9.17) is 11.6 Å². The highest BCUT2D eigenvalue weighted by Gasteiger charge is 2.18. The van der Waals surface area contributed by atoms with Crippen molar-refractivity contribution in [2.45, 2.75) is 13.0 Å². The summed E-state index contributed by atoms with van der Waals surface area (Å²) >= 11 is 5.76. The van der Waals surface area contributed by atoms with Gasteiger partial charge in [-0.05, 0) is 36.2 Å². The topological polar surface area (TPSA) is 97.9 Å². The first-order valence-electron chi connectivity index (χ1n) is 9.74. The van der Waals surface area contributed by atoms with Gasteiger partial charge >= 0.3 is 0 Å². The molecule has 0 spiro atoms. The summed E-state index contributed by atoms with van der Waals surface area (Å²) in [6.07, 6.45) is 5.00. The second-order valence-corrected chi connectivity index (χ2v) is 7.66. The van der Waals surface area contributed by atoms with E-state index in [-0.39, 0.29) is 17.2 Å². The van der Waals surface area contributed by atoms with Crippen LogP contribution < -0.4 is 10.9 Å². The van der Waals surface area contributed by atoms with Crippen molar-refractivity contribution in [3.8, 4) is 11.3 Å². The summed E-state index contributed by atoms with van der Waals surface area (Å²) < 4.78 is 16.9. The molecule has 0 amide bonds. The van der Waals surface area contributed by atoms with E-state index in [1.165, 1.54) is 22.8 Å². The van der Waals surface area contributed by atoms with Gasteiger partial charge in [0.1, 0.15) is 5.82 Å². The van der Waals surface area contributed by atoms with Crippen molar-refractivity contribution in [1.29, 1.82) is 0 Å². The zero-order valence-corrected chi connectivity index (χ0v) is 18.1. The number of nitrogens with one attached hydrogen (secondary N) is 1. The number of halogens is 2. The lowest BCUT2D eigenvalue weighted by atomic mass is 10.0. The van der Waals surface area contributed by atoms with Crippen LogP contribution in [0.2, 0.25) is 5.02 Å². The maximum atomic E-state index is 13.9. The summed E-state index contributed by atoms with van der Waals surface area (Å²) in [7, 11) is 1.80. The Bertz CT molecular complexity index is 1340. The number of pyridine rings is 1. The second-order valence-electron chi connectivity index (χ2n) is 7.25. The maximum absolute atomic E-state index is 13.9. The van der Waals surface area contributed by atoms with Crippen LogP contribution in [0.15, 0.2) is 59.8 Å². The van der Waals surface area contributed by atoms with Gasteiger partial charge < -0.3 is 15.0 Å². The molecular weight excluding hydrogens is 435 g/mol. The Morgan fingerprint density at radius 1 is 1.25 bits per heavy atom. The van der Waals surface area contributed by atoms with Crippen LogP contribution in [-0.4, -0.2) is 36.0 Å². The number of aliphatic hydroxyl groups excluding tert-OH is 1. The molecule has 1 atom stereocenters. The molecule has 0 saturated heterocycles. The highest BCUT2D eigenvalue weighted by molar-refractivity contribution is 6.30. The molecule has 0 aliphatic heterocycles. The minimum absolute atomic E-state index is 0.0248. The van der Waals surface area contributed by atoms with Crippen LogP contribution in [0.4, 0.5) is 16.2 Å². The molecule has 32 heavy (non-hydrogen) atoms. The van der Waals surface area contributed by atoms with Gasteiger partial charge in [-0.2, -0.15) is 5.10 Å². The van der Waals surface area contributed by atoms with E-state index >= 15 is 0 Å². The number of aliphatic hydroxyl groups is 1. The predicted octanol–water partition coefficient (Wildman–Crippen LogP) is 3.47. The van der Waals surface area contributed by atoms with E-state index in [1.807, 2.05) is 6.92 Å². The van der Waals surface area contributed by atoms with Gasteiger partial charge in [0.2, 0.25) is 5.95 Å². The molecule has 4 rings (SSSR count). The molecule has 1 aromatic carbocycles. The predicted molar refractivity (Wildman–Crippen MR) is 120 cm³/mol. The Labute approximate surface area is 188 Å². The molecule has 4 aromatic rings. The molecule has 0 fully saturated rings. The first-order valence-corrected chi connectivity index (χ1v) is 10.1. The molecule has 2 N–H and O–H groups in total. The zero-order chi connectivity index (χ0) is 22.8. The van der Waals surface area contributed by atoms with Gasteiger partial charge in [0.15, 0.2) is 5.82 Å². The Hall–Kier alpha value is -3.56. The van der Waals surface area contributed by atoms with E-state index in [2.05, 4.69) is 20.4 Å². The van der Waals surface area contributed by atoms with Crippen molar-refractivity contribution in [2.24, 2.45) is 7.05 Å². The lowest BCUT2D eigenvalue weighted by Crippen LogP contribution is -2.27. The van der Waals surface area contributed by atoms with Gasteiger partial charge in [-0.3, -0.25) is 9.48 Å². The third-order valence-corrected chi connectivity index (χ3v) is 5.31. The number of aryl methyl sites for hydroxylation is 2. The van der Waals surface area contributed by atoms with Gasteiger partial charge in [0.05, 0.1) is 23.4 Å². The summed E-state index contributed by atoms with van der Waals surface area (Å²) in [5.74, 6) is 0.324. The summed E-state index contributed by atoms with van der Waals surface area (Å²) in [6.45, 7) is 1.45. The lowest BCUT2D eigenvalue weighted by Gasteiger charge is -2.20. The average Bonchev–Trinajstić information content (AvgIpc) is 3.18. The monoisotopic (exact) mass is 454 g/mol. The highest BCUT2D eigenvalue weighted by atomic mass is 35.5. The molecule has 10 heteroatoms. The number of anilines is 2. The van der Waals surface area contributed by atoms with Crippen LogP contribution in [0.5, 0.6) is 0 Å². The van der Waals surface area contributed by atoms with Gasteiger partial charge in [0, 0.05) is 43.3 Å². The molecule has 0 bridgehead atoms. The van der Waals surface area contributed by atoms with Crippen molar-refractivity contribution in [1.82, 2.24) is 24.3 Å². The van der Waals surface area contributed by atoms with Crippen LogP contribution >= 0.6 is 11.6 Å². The largest absolute Gasteiger partial charge is 0.394 e. The fraction of sp³-hybridized carbons (Fsp3) is 0.182. The quantitative estimate of drug-likeness (QED) is 0.463. The first-order chi connectivity index (χ1) is 15.4. The second kappa shape index (κ2) is 8.89. The molecule has 164 valence electrons. The van der Waals surface area contributed by atoms with Crippen LogP contribution in [-0.2, 0) is 7.05 Å². The normalized spacial score (nSPS) is 12.0. The number of benzene rings is 1. The fourth-order valence-corrected chi connectivity index (χ4v) is 3.53. The summed E-state index contributed by atoms with van der Waals surface area (Å²) in [6, 6.07) is 8.38. The van der Waals surface area contributed by atoms with Crippen LogP contribution in [0.3, 0.4) is 0 Å². The first kappa shape index (κ1) is 21.7. The number of rotatable bonds is 6. The van der Waals surface area contributed by atoms with E-state index < -0.39 is 11.9 Å². The SMILES string of the molecule is Cc1cn([C@H](CO)c2ccc(Cl)c(F)c2)c(=O)cc1-c1ccnc(Nc2ccn(C)n2)n1. The Kier molecular flexibility index (Phi) is 6.02. The van der Waals surface area contributed by atoms with Gasteiger partial charge in [-0.15, -0.1) is 0 Å². The van der Waals surface area contributed by atoms with Crippen molar-refractivity contribution < 1.29 is 9.50 Å². The Morgan fingerprint density at radius 2 is 2.06 bits per heavy atom. The summed E-state index contributed by atoms with van der Waals surface area (Å²) in [5, 5.41) is 17.2. The Balaban J connectivity index is 1.69. The third kappa shape index (κ3) is 4.39. The van der Waals surface area contributed by atoms with Gasteiger partial charge in [-0.25, -0.2) is 14.4 Å². The molecular formula is C22H20ClFN6O2. The van der Waals surface area contributed by atoms with E-state index in [0.717, 1.165) is 5.56 Å². The average molecular weight is 455 g/mol. The lowest BCUT2D eigenvalue weighted by molar-refractivity contribution is 0.246. The maximum Gasteiger partial charge on any atom is 0.251 e. The van der Waals surface area contributed by atoms with Crippen molar-refractivity contribution in [3.63, 3.8) is 0 Å². The third-order valence-electron chi connectivity index (χ3n) is 5.00. The van der Waals surface area contributed by atoms with Crippen LogP contribution in [0.1, 0.15) is 17.2 Å². The minimum Gasteiger partial charge on any atom is -0.394 e. The van der Waals surface area contributed by atoms with Crippen LogP contribution in [0, 0.1) is 12.7 Å². The van der Waals surface area contributed by atoms with Crippen LogP contribution in [0.25, 0.3) is 11.3 Å². The molecule has 0 radical (unpaired) electrons. The highest BCUT2D eigenvalue weighted by Crippen LogP contribution is 2.25. The zero-order valence-electron chi connectivity index (χ0n) is 17.3. The van der Waals surface area contributed by atoms with Gasteiger partial charge in [-0.1, -0.05) is 17.7 Å². The molecule has 0 unspecified atom stereocenters. The molecule has 8 nitrogen and oxygen atoms in total. The fourth-order valence-electron chi connectivity index (χ4n) is 3.41. The smallest absolute Gasteiger partial charge is 0.251 e. The minimum atomic E-state index is -0.756. The molecule has 0 saturated carbocycles. The van der Waals surface area contributed by atoms with Gasteiger partial charge in [0.25, 0.3) is 5.56 Å². The number of nitrogens with zero attached hydrogens (tertiary/aromatic N) is 5. The van der Waals surface area contributed by atoms with Crippen molar-refractivity contribution in [3.05, 3.63) is 87.3 Å². The summed E-state index contributed by atoms with van der Waals surface area (Å²) in [5.41, 5.74) is 2.00. The van der Waals surface area contributed by atoms with Crippen molar-refractivity contribution >= 4 is 23.4 Å². The molecule has 0 aliphatic rings. The van der Waals surface area contributed by atoms with Crippen molar-refractivity contribution in [2.75, 3.05) is 11.9 Å². The number of hydrogen-bond donors (Lipinski definition) is 2. The standard InChI is InChI=1S/C22H20ClFN6O2/c1-13-11-30(19(12-31)14-3-4-16(23)17(24)9-14)21(32)10-15(13)18-5-7-25-22(26-18)27-20-6-8-29(2)28-20/h3-11,19,31H,12H2,1-2H3,(H,25,26,27,28)/t19-/m1/s1. The van der Waals surface area contributed by atoms with E-state index in [1.54, 1.807) is 48.5 Å². The number of hydrogen-bond acceptors (Lipinski definition) is 6. The van der Waals surface area contributed by atoms with E-state index in [9.17, 15) is 14.3 Å². The molecule has 0 aliphatic carbocycles. The molecule has 3 aromatic heterocycles. The molecule has 3 heterocycles. The number of aromatic nitrogens is 5.